The molecule has 6 atom stereocenters. The second-order valence-electron chi connectivity index (χ2n) is 18.8. The van der Waals surface area contributed by atoms with E-state index in [1.54, 1.807) is 66.0 Å². The number of carboxylic acids is 2. The number of carbonyl (C=O) groups is 10. The largest absolute Gasteiger partial charge is 0.473 e. The van der Waals surface area contributed by atoms with Gasteiger partial charge in [0.05, 0.1) is 22.5 Å². The normalized spacial score (nSPS) is 18.5. The van der Waals surface area contributed by atoms with E-state index in [1.165, 1.54) is 36.4 Å². The second-order valence-corrected chi connectivity index (χ2v) is 19.7. The molecule has 23 nitrogen and oxygen atoms in total. The van der Waals surface area contributed by atoms with Crippen molar-refractivity contribution >= 4 is 101 Å². The Bertz CT molecular complexity index is 2180. The molecule has 4 rings (SSSR count). The van der Waals surface area contributed by atoms with Gasteiger partial charge < -0.3 is 56.5 Å². The zero-order chi connectivity index (χ0) is 54.6. The average Bonchev–Trinajstić information content (AvgIpc) is 3.25. The predicted octanol–water partition coefficient (Wildman–Crippen LogP) is 5.32. The molecular formula is C48H76Cl3N9O14. The molecule has 2 aromatic heterocycles. The van der Waals surface area contributed by atoms with Crippen LogP contribution < -0.4 is 27.0 Å². The molecule has 2 fully saturated rings. The van der Waals surface area contributed by atoms with Crippen molar-refractivity contribution in [3.8, 4) is 0 Å². The standard InChI is InChI=1S/C21H30ClN5O5.C14H27N3O3.C9H8ClNO2.C2H2O4.2CH4.ClH/c1-21(2,3)32-20(31)25-15-10-12(19(30)27(4)5)6-8-14(15)24-17(28)18(29)26-16-9-7-13(22)11-23-16;1-14(2,3)20-13(19)16-11-8-9(6-7-10(11)15)12(18)17(4)5;1-6(12)9(13)4-8-3-2-7(10)5-11-8;3-1(4)2(5)6;;;/h7,9,11-12,14-15H,6,8,10H2,1-5H3,(H,24,28)(H,25,31)(H,23,26,29);9-11H,6-8,15H2,1-5H3,(H,16,19);2-3,5H,4H2,1H3;(H,3,4)(H,5,6);2*1H4;1H/t12-,14-,15+;9-,10-,11+;;;;;/m00...../s1. The van der Waals surface area contributed by atoms with Crippen molar-refractivity contribution in [2.24, 2.45) is 17.6 Å². The number of hydrogen-bond donors (Lipinski definition) is 7. The fourth-order valence-corrected chi connectivity index (χ4v) is 6.84. The molecule has 0 aliphatic heterocycles. The van der Waals surface area contributed by atoms with E-state index in [-0.39, 0.29) is 75.2 Å². The lowest BCUT2D eigenvalue weighted by molar-refractivity contribution is -0.159. The third-order valence-electron chi connectivity index (χ3n) is 9.94. The highest BCUT2D eigenvalue weighted by Crippen LogP contribution is 2.28. The fraction of sp³-hybridized carbons (Fsp3) is 0.583. The number of carboxylic acid groups (broad SMARTS) is 2. The first-order valence-electron chi connectivity index (χ1n) is 22.2. The Kier molecular flexibility index (Phi) is 32.7. The van der Waals surface area contributed by atoms with Gasteiger partial charge in [-0.25, -0.2) is 24.2 Å². The van der Waals surface area contributed by atoms with E-state index in [0.29, 0.717) is 41.4 Å². The van der Waals surface area contributed by atoms with E-state index < -0.39 is 70.8 Å². The molecule has 8 N–H and O–H groups in total. The fourth-order valence-electron chi connectivity index (χ4n) is 6.62. The summed E-state index contributed by atoms with van der Waals surface area (Å²) < 4.78 is 10.5. The van der Waals surface area contributed by atoms with Crippen LogP contribution in [-0.2, 0) is 54.3 Å². The van der Waals surface area contributed by atoms with Crippen molar-refractivity contribution in [3.05, 3.63) is 52.4 Å². The van der Waals surface area contributed by atoms with E-state index in [9.17, 15) is 38.4 Å². The molecule has 74 heavy (non-hydrogen) atoms. The summed E-state index contributed by atoms with van der Waals surface area (Å²) in [5.74, 6) is -6.49. The molecule has 0 saturated heterocycles. The Morgan fingerprint density at radius 2 is 1.08 bits per heavy atom. The van der Waals surface area contributed by atoms with E-state index in [2.05, 4.69) is 31.2 Å². The number of ketones is 2. The summed E-state index contributed by atoms with van der Waals surface area (Å²) in [6.45, 7) is 11.9. The molecule has 0 aromatic carbocycles. The molecule has 2 saturated carbocycles. The zero-order valence-electron chi connectivity index (χ0n) is 42.2. The first kappa shape index (κ1) is 72.1. The number of hydrogen-bond acceptors (Lipinski definition) is 15. The number of alkyl carbamates (subject to hydrolysis) is 2. The van der Waals surface area contributed by atoms with Gasteiger partial charge in [0, 0.05) is 83.2 Å². The highest BCUT2D eigenvalue weighted by atomic mass is 35.5. The maximum Gasteiger partial charge on any atom is 0.414 e. The number of aliphatic carboxylic acids is 2. The minimum absolute atomic E-state index is 0. The summed E-state index contributed by atoms with van der Waals surface area (Å²) in [5, 5.41) is 26.3. The van der Waals surface area contributed by atoms with Gasteiger partial charge in [-0.15, -0.1) is 12.4 Å². The number of nitrogens with two attached hydrogens (primary N) is 1. The topological polar surface area (TPSA) is 336 Å². The van der Waals surface area contributed by atoms with E-state index in [1.807, 2.05) is 20.8 Å². The summed E-state index contributed by atoms with van der Waals surface area (Å²) >= 11 is 11.4. The van der Waals surface area contributed by atoms with Crippen molar-refractivity contribution in [2.75, 3.05) is 33.5 Å². The highest BCUT2D eigenvalue weighted by molar-refractivity contribution is 6.39. The summed E-state index contributed by atoms with van der Waals surface area (Å²) in [6, 6.07) is 4.79. The molecule has 26 heteroatoms. The lowest BCUT2D eigenvalue weighted by Gasteiger charge is -2.37. The van der Waals surface area contributed by atoms with Gasteiger partial charge in [-0.1, -0.05) is 38.1 Å². The van der Waals surface area contributed by atoms with Gasteiger partial charge in [-0.2, -0.15) is 0 Å². The Morgan fingerprint density at radius 3 is 1.47 bits per heavy atom. The number of pyridine rings is 2. The van der Waals surface area contributed by atoms with Crippen LogP contribution in [0.2, 0.25) is 10.0 Å². The molecule has 0 bridgehead atoms. The van der Waals surface area contributed by atoms with Gasteiger partial charge >= 0.3 is 35.9 Å². The Hall–Kier alpha value is -6.17. The van der Waals surface area contributed by atoms with Crippen molar-refractivity contribution in [1.82, 2.24) is 35.7 Å². The van der Waals surface area contributed by atoms with Crippen LogP contribution in [0.3, 0.4) is 0 Å². The van der Waals surface area contributed by atoms with Crippen LogP contribution in [0.4, 0.5) is 15.4 Å². The van der Waals surface area contributed by atoms with Gasteiger partial charge in [-0.05, 0) is 104 Å². The molecule has 2 aliphatic carbocycles. The Morgan fingerprint density at radius 1 is 0.649 bits per heavy atom. The number of rotatable bonds is 9. The summed E-state index contributed by atoms with van der Waals surface area (Å²) in [5.41, 5.74) is 5.35. The molecule has 418 valence electrons. The summed E-state index contributed by atoms with van der Waals surface area (Å²) in [6.07, 6.45) is 4.99. The number of anilines is 1. The molecule has 0 spiro atoms. The first-order valence-corrected chi connectivity index (χ1v) is 23.0. The van der Waals surface area contributed by atoms with Gasteiger partial charge in [0.2, 0.25) is 17.6 Å². The van der Waals surface area contributed by atoms with Crippen LogP contribution >= 0.6 is 35.6 Å². The quantitative estimate of drug-likeness (QED) is 0.156. The summed E-state index contributed by atoms with van der Waals surface area (Å²) in [4.78, 5) is 124. The third-order valence-corrected chi connectivity index (χ3v) is 10.4. The molecule has 6 amide bonds. The smallest absolute Gasteiger partial charge is 0.414 e. The van der Waals surface area contributed by atoms with Crippen molar-refractivity contribution < 1.29 is 67.6 Å². The van der Waals surface area contributed by atoms with Crippen LogP contribution in [0.1, 0.15) is 108 Å². The SMILES string of the molecule is C.C.CC(=O)C(=O)Cc1ccc(Cl)cn1.CN(C)C(=O)[C@H]1CC[C@H](N)[C@H](NC(=O)OC(C)(C)C)C1.CN(C)C(=O)[C@H]1CC[C@H](NC(=O)C(=O)Nc2ccc(Cl)cn2)[C@H](NC(=O)OC(C)(C)C)C1.Cl.O=C(O)C(=O)O. The Balaban J connectivity index is -0.00000102. The molecule has 0 unspecified atom stereocenters. The number of halogens is 3. The van der Waals surface area contributed by atoms with Crippen molar-refractivity contribution in [3.63, 3.8) is 0 Å². The monoisotopic (exact) mass is 1110 g/mol. The van der Waals surface area contributed by atoms with E-state index in [0.717, 1.165) is 12.8 Å². The lowest BCUT2D eigenvalue weighted by atomic mass is 9.81. The molecule has 0 radical (unpaired) electrons. The van der Waals surface area contributed by atoms with Gasteiger partial charge in [-0.3, -0.25) is 33.8 Å². The maximum absolute atomic E-state index is 12.5. The van der Waals surface area contributed by atoms with E-state index >= 15 is 0 Å². The number of aromatic nitrogens is 2. The number of amides is 6. The predicted molar refractivity (Wildman–Crippen MR) is 281 cm³/mol. The number of Topliss-reactive ketones (excluding diaryl/α,β-unsaturated/α-hetero) is 2. The van der Waals surface area contributed by atoms with Crippen LogP contribution in [0.15, 0.2) is 36.7 Å². The molecular weight excluding hydrogens is 1030 g/mol. The number of nitrogens with one attached hydrogen (secondary N) is 4. The summed E-state index contributed by atoms with van der Waals surface area (Å²) in [7, 11) is 6.82. The lowest BCUT2D eigenvalue weighted by Crippen LogP contribution is -2.57. The maximum atomic E-state index is 12.5. The molecule has 2 aromatic rings. The average molecular weight is 1110 g/mol. The highest BCUT2D eigenvalue weighted by Gasteiger charge is 2.38. The first-order chi connectivity index (χ1) is 32.7. The minimum Gasteiger partial charge on any atom is -0.473 e. The third kappa shape index (κ3) is 28.9. The number of ether oxygens (including phenoxy) is 2. The molecule has 2 aliphatic rings. The Labute approximate surface area is 449 Å². The number of carbonyl (C=O) groups excluding carboxylic acids is 8. The van der Waals surface area contributed by atoms with Crippen LogP contribution in [-0.4, -0.2) is 153 Å². The van der Waals surface area contributed by atoms with Crippen molar-refractivity contribution in [2.45, 2.75) is 144 Å². The van der Waals surface area contributed by atoms with Crippen molar-refractivity contribution in [1.29, 1.82) is 0 Å². The van der Waals surface area contributed by atoms with E-state index in [4.69, 9.17) is 58.2 Å². The van der Waals surface area contributed by atoms with Crippen LogP contribution in [0.5, 0.6) is 0 Å². The van der Waals surface area contributed by atoms with Gasteiger partial charge in [0.1, 0.15) is 17.0 Å². The second kappa shape index (κ2) is 33.6. The van der Waals surface area contributed by atoms with Gasteiger partial charge in [0.15, 0.2) is 5.78 Å². The van der Waals surface area contributed by atoms with Crippen LogP contribution in [0, 0.1) is 11.8 Å². The van der Waals surface area contributed by atoms with Crippen LogP contribution in [0.25, 0.3) is 0 Å². The van der Waals surface area contributed by atoms with Gasteiger partial charge in [0.25, 0.3) is 0 Å². The number of nitrogens with zero attached hydrogens (tertiary/aromatic N) is 4. The minimum atomic E-state index is -1.82. The molecule has 2 heterocycles. The zero-order valence-corrected chi connectivity index (χ0v) is 44.5.